The molecule has 0 aromatic carbocycles. The summed E-state index contributed by atoms with van der Waals surface area (Å²) in [5.74, 6) is 0. The van der Waals surface area contributed by atoms with E-state index in [4.69, 9.17) is 15.2 Å². The van der Waals surface area contributed by atoms with Crippen LogP contribution < -0.4 is 5.73 Å². The van der Waals surface area contributed by atoms with Gasteiger partial charge in [-0.3, -0.25) is 4.90 Å². The molecule has 0 saturated carbocycles. The minimum Gasteiger partial charge on any atom is -0.381 e. The summed E-state index contributed by atoms with van der Waals surface area (Å²) in [5.41, 5.74) is 5.75. The second-order valence-corrected chi connectivity index (χ2v) is 4.05. The van der Waals surface area contributed by atoms with Gasteiger partial charge in [-0.1, -0.05) is 0 Å². The summed E-state index contributed by atoms with van der Waals surface area (Å²) in [4.78, 5) is 2.52. The van der Waals surface area contributed by atoms with Crippen LogP contribution in [0.3, 0.4) is 0 Å². The average Bonchev–Trinajstić information content (AvgIpc) is 2.30. The van der Waals surface area contributed by atoms with E-state index in [2.05, 4.69) is 4.90 Å². The number of nitrogens with two attached hydrogens (primary N) is 1. The van der Waals surface area contributed by atoms with Crippen molar-refractivity contribution in [2.75, 3.05) is 39.5 Å². The molecule has 82 valence electrons. The summed E-state index contributed by atoms with van der Waals surface area (Å²) < 4.78 is 10.8. The van der Waals surface area contributed by atoms with E-state index in [1.54, 1.807) is 0 Å². The van der Waals surface area contributed by atoms with E-state index in [1.807, 2.05) is 0 Å². The van der Waals surface area contributed by atoms with Crippen LogP contribution in [-0.2, 0) is 9.47 Å². The van der Waals surface area contributed by atoms with Crippen molar-refractivity contribution in [3.8, 4) is 0 Å². The maximum absolute atomic E-state index is 5.75. The number of nitrogens with zero attached hydrogens (tertiary/aromatic N) is 1. The van der Waals surface area contributed by atoms with Crippen LogP contribution in [0.5, 0.6) is 0 Å². The SMILES string of the molecule is NCC1COCCN1C1CCOCC1. The second kappa shape index (κ2) is 5.07. The molecule has 2 rings (SSSR count). The third-order valence-corrected chi connectivity index (χ3v) is 3.20. The predicted molar refractivity (Wildman–Crippen MR) is 54.2 cm³/mol. The molecule has 2 N–H and O–H groups in total. The minimum absolute atomic E-state index is 0.423. The lowest BCUT2D eigenvalue weighted by Crippen LogP contribution is -2.54. The molecule has 0 aromatic heterocycles. The molecule has 0 amide bonds. The standard InChI is InChI=1S/C10H20N2O2/c11-7-10-8-14-6-3-12(10)9-1-4-13-5-2-9/h9-10H,1-8,11H2. The highest BCUT2D eigenvalue weighted by Gasteiger charge is 2.29. The van der Waals surface area contributed by atoms with Gasteiger partial charge in [0, 0.05) is 38.4 Å². The second-order valence-electron chi connectivity index (χ2n) is 4.05. The maximum atomic E-state index is 5.75. The Morgan fingerprint density at radius 1 is 1.14 bits per heavy atom. The van der Waals surface area contributed by atoms with Gasteiger partial charge in [-0.25, -0.2) is 0 Å². The zero-order chi connectivity index (χ0) is 9.80. The van der Waals surface area contributed by atoms with Gasteiger partial charge in [0.25, 0.3) is 0 Å². The van der Waals surface area contributed by atoms with Gasteiger partial charge < -0.3 is 15.2 Å². The molecular weight excluding hydrogens is 180 g/mol. The molecule has 0 radical (unpaired) electrons. The summed E-state index contributed by atoms with van der Waals surface area (Å²) in [7, 11) is 0. The van der Waals surface area contributed by atoms with E-state index >= 15 is 0 Å². The monoisotopic (exact) mass is 200 g/mol. The van der Waals surface area contributed by atoms with Gasteiger partial charge in [-0.15, -0.1) is 0 Å². The molecule has 0 spiro atoms. The highest BCUT2D eigenvalue weighted by molar-refractivity contribution is 4.83. The van der Waals surface area contributed by atoms with Crippen LogP contribution >= 0.6 is 0 Å². The highest BCUT2D eigenvalue weighted by atomic mass is 16.5. The summed E-state index contributed by atoms with van der Waals surface area (Å²) in [6.07, 6.45) is 2.30. The number of morpholine rings is 1. The maximum Gasteiger partial charge on any atom is 0.0634 e. The van der Waals surface area contributed by atoms with Crippen molar-refractivity contribution in [2.45, 2.75) is 24.9 Å². The largest absolute Gasteiger partial charge is 0.381 e. The van der Waals surface area contributed by atoms with Gasteiger partial charge in [-0.2, -0.15) is 0 Å². The molecule has 4 heteroatoms. The number of hydrogen-bond donors (Lipinski definition) is 1. The van der Waals surface area contributed by atoms with Gasteiger partial charge in [-0.05, 0) is 12.8 Å². The number of ether oxygens (including phenoxy) is 2. The molecule has 1 unspecified atom stereocenters. The molecule has 0 bridgehead atoms. The van der Waals surface area contributed by atoms with E-state index in [1.165, 1.54) is 0 Å². The van der Waals surface area contributed by atoms with Crippen molar-refractivity contribution in [3.63, 3.8) is 0 Å². The molecule has 0 aromatic rings. The fourth-order valence-corrected chi connectivity index (χ4v) is 2.37. The molecule has 0 aliphatic carbocycles. The molecule has 14 heavy (non-hydrogen) atoms. The normalized spacial score (nSPS) is 31.9. The summed E-state index contributed by atoms with van der Waals surface area (Å²) >= 11 is 0. The zero-order valence-corrected chi connectivity index (χ0v) is 8.65. The zero-order valence-electron chi connectivity index (χ0n) is 8.65. The Hall–Kier alpha value is -0.160. The van der Waals surface area contributed by atoms with Gasteiger partial charge in [0.05, 0.1) is 13.2 Å². The van der Waals surface area contributed by atoms with Crippen molar-refractivity contribution in [1.82, 2.24) is 4.90 Å². The quantitative estimate of drug-likeness (QED) is 0.672. The summed E-state index contributed by atoms with van der Waals surface area (Å²) in [6, 6.07) is 1.09. The Morgan fingerprint density at radius 2 is 1.93 bits per heavy atom. The average molecular weight is 200 g/mol. The molecular formula is C10H20N2O2. The van der Waals surface area contributed by atoms with E-state index in [-0.39, 0.29) is 0 Å². The third-order valence-electron chi connectivity index (χ3n) is 3.20. The van der Waals surface area contributed by atoms with Crippen LogP contribution in [-0.4, -0.2) is 56.5 Å². The van der Waals surface area contributed by atoms with Crippen molar-refractivity contribution < 1.29 is 9.47 Å². The molecule has 2 aliphatic heterocycles. The van der Waals surface area contributed by atoms with Gasteiger partial charge in [0.15, 0.2) is 0 Å². The van der Waals surface area contributed by atoms with Crippen LogP contribution in [0.15, 0.2) is 0 Å². The fourth-order valence-electron chi connectivity index (χ4n) is 2.37. The summed E-state index contributed by atoms with van der Waals surface area (Å²) in [5, 5.41) is 0. The predicted octanol–water partition coefficient (Wildman–Crippen LogP) is -0.175. The summed E-state index contributed by atoms with van der Waals surface area (Å²) in [6.45, 7) is 5.20. The Bertz CT molecular complexity index is 172. The van der Waals surface area contributed by atoms with E-state index < -0.39 is 0 Å². The molecule has 2 heterocycles. The topological polar surface area (TPSA) is 47.7 Å². The van der Waals surface area contributed by atoms with Crippen molar-refractivity contribution in [2.24, 2.45) is 5.73 Å². The molecule has 1 atom stereocenters. The van der Waals surface area contributed by atoms with E-state index in [0.29, 0.717) is 18.6 Å². The van der Waals surface area contributed by atoms with Crippen LogP contribution in [0, 0.1) is 0 Å². The van der Waals surface area contributed by atoms with Crippen molar-refractivity contribution in [1.29, 1.82) is 0 Å². The number of rotatable bonds is 2. The first kappa shape index (κ1) is 10.4. The van der Waals surface area contributed by atoms with Crippen LogP contribution in [0.2, 0.25) is 0 Å². The van der Waals surface area contributed by atoms with E-state index in [9.17, 15) is 0 Å². The Balaban J connectivity index is 1.91. The first-order valence-corrected chi connectivity index (χ1v) is 5.53. The molecule has 4 nitrogen and oxygen atoms in total. The lowest BCUT2D eigenvalue weighted by molar-refractivity contribution is -0.0524. The Labute approximate surface area is 85.3 Å². The molecule has 2 aliphatic rings. The van der Waals surface area contributed by atoms with Crippen LogP contribution in [0.4, 0.5) is 0 Å². The van der Waals surface area contributed by atoms with Gasteiger partial charge in [0.1, 0.15) is 0 Å². The first-order valence-electron chi connectivity index (χ1n) is 5.53. The van der Waals surface area contributed by atoms with Crippen LogP contribution in [0.25, 0.3) is 0 Å². The van der Waals surface area contributed by atoms with Crippen molar-refractivity contribution in [3.05, 3.63) is 0 Å². The highest BCUT2D eigenvalue weighted by Crippen LogP contribution is 2.18. The lowest BCUT2D eigenvalue weighted by Gasteiger charge is -2.42. The molecule has 2 fully saturated rings. The minimum atomic E-state index is 0.423. The number of hydrogen-bond acceptors (Lipinski definition) is 4. The van der Waals surface area contributed by atoms with Crippen molar-refractivity contribution >= 4 is 0 Å². The smallest absolute Gasteiger partial charge is 0.0634 e. The van der Waals surface area contributed by atoms with Gasteiger partial charge in [0.2, 0.25) is 0 Å². The lowest BCUT2D eigenvalue weighted by atomic mass is 10.0. The first-order chi connectivity index (χ1) is 6.92. The van der Waals surface area contributed by atoms with Gasteiger partial charge >= 0.3 is 0 Å². The Morgan fingerprint density at radius 3 is 2.64 bits per heavy atom. The molecule has 2 saturated heterocycles. The van der Waals surface area contributed by atoms with Crippen LogP contribution in [0.1, 0.15) is 12.8 Å². The fraction of sp³-hybridized carbons (Fsp3) is 1.00. The Kier molecular flexibility index (Phi) is 3.75. The van der Waals surface area contributed by atoms with E-state index in [0.717, 1.165) is 45.8 Å². The third kappa shape index (κ3) is 2.25.